The molecule has 1 aliphatic heterocycles. The molecule has 0 saturated carbocycles. The average molecular weight is 514 g/mol. The molecule has 0 amide bonds. The molecule has 9 heteroatoms. The summed E-state index contributed by atoms with van der Waals surface area (Å²) in [7, 11) is 1.35. The van der Waals surface area contributed by atoms with Crippen molar-refractivity contribution in [2.24, 2.45) is 5.92 Å². The number of aromatic nitrogens is 2. The van der Waals surface area contributed by atoms with Gasteiger partial charge in [0.15, 0.2) is 16.6 Å². The molecule has 186 valence electrons. The molecule has 7 nitrogen and oxygen atoms in total. The minimum atomic E-state index is -0.476. The lowest BCUT2D eigenvalue weighted by molar-refractivity contribution is 0.0601. The molecule has 3 aromatic rings. The van der Waals surface area contributed by atoms with Gasteiger partial charge in [0.25, 0.3) is 0 Å². The monoisotopic (exact) mass is 513 g/mol. The fraction of sp³-hybridized carbons (Fsp3) is 0.346. The Hall–Kier alpha value is -3.04. The van der Waals surface area contributed by atoms with Crippen LogP contribution in [0.3, 0.4) is 0 Å². The van der Waals surface area contributed by atoms with Crippen LogP contribution in [0.2, 0.25) is 0 Å². The Kier molecular flexibility index (Phi) is 9.17. The molecular weight excluding hydrogens is 482 g/mol. The van der Waals surface area contributed by atoms with Gasteiger partial charge in [0.1, 0.15) is 11.4 Å². The highest BCUT2D eigenvalue weighted by molar-refractivity contribution is 8.07. The van der Waals surface area contributed by atoms with E-state index in [-0.39, 0.29) is 6.79 Å². The van der Waals surface area contributed by atoms with E-state index >= 15 is 0 Å². The number of benzene rings is 1. The molecule has 0 saturated heterocycles. The number of fused-ring (bicyclic) bond motifs is 1. The Balaban J connectivity index is 0.00000167. The van der Waals surface area contributed by atoms with Crippen LogP contribution in [-0.2, 0) is 11.2 Å². The van der Waals surface area contributed by atoms with E-state index in [4.69, 9.17) is 19.2 Å². The van der Waals surface area contributed by atoms with E-state index in [1.807, 2.05) is 38.3 Å². The van der Waals surface area contributed by atoms with E-state index in [9.17, 15) is 4.79 Å². The van der Waals surface area contributed by atoms with Crippen molar-refractivity contribution in [3.8, 4) is 22.8 Å². The summed E-state index contributed by atoms with van der Waals surface area (Å²) in [6.07, 6.45) is 4.48. The molecule has 0 aliphatic carbocycles. The molecular formula is C26H31N3O4S2. The van der Waals surface area contributed by atoms with Crippen molar-refractivity contribution < 1.29 is 19.0 Å². The van der Waals surface area contributed by atoms with Crippen molar-refractivity contribution in [3.63, 3.8) is 0 Å². The third-order valence-electron chi connectivity index (χ3n) is 5.02. The van der Waals surface area contributed by atoms with Crippen LogP contribution in [0.1, 0.15) is 48.5 Å². The first kappa shape index (κ1) is 26.6. The standard InChI is InChI=1S/C24H25N3O4S2.C2H6/c1-13(2)8-20-21(15-6-7-18-19(10-15)31-12-30-18)26-24(33-20)27-22-17(23(28)29-4)9-16(11-25-22)14(3)32-5;1-2/h6-7,9-11,13H,3,8,12H2,1-2,4-5H3,(H,25,26,27);1-2H3. The van der Waals surface area contributed by atoms with Gasteiger partial charge in [-0.05, 0) is 42.9 Å². The lowest BCUT2D eigenvalue weighted by Gasteiger charge is -2.10. The minimum absolute atomic E-state index is 0.225. The third kappa shape index (κ3) is 6.15. The highest BCUT2D eigenvalue weighted by atomic mass is 32.2. The fourth-order valence-electron chi connectivity index (χ4n) is 3.39. The van der Waals surface area contributed by atoms with Gasteiger partial charge in [-0.15, -0.1) is 23.1 Å². The van der Waals surface area contributed by atoms with Crippen LogP contribution >= 0.6 is 23.1 Å². The summed E-state index contributed by atoms with van der Waals surface area (Å²) in [6.45, 7) is 12.6. The minimum Gasteiger partial charge on any atom is -0.465 e. The van der Waals surface area contributed by atoms with E-state index in [1.165, 1.54) is 18.9 Å². The molecule has 1 aliphatic rings. The summed E-state index contributed by atoms with van der Waals surface area (Å²) in [5, 5.41) is 3.88. The Bertz CT molecular complexity index is 1210. The Morgan fingerprint density at radius 3 is 2.69 bits per heavy atom. The van der Waals surface area contributed by atoms with Crippen LogP contribution in [0.15, 0.2) is 37.0 Å². The smallest absolute Gasteiger partial charge is 0.341 e. The van der Waals surface area contributed by atoms with Gasteiger partial charge in [-0.25, -0.2) is 14.8 Å². The zero-order valence-corrected chi connectivity index (χ0v) is 22.6. The molecule has 0 atom stereocenters. The largest absolute Gasteiger partial charge is 0.465 e. The van der Waals surface area contributed by atoms with Gasteiger partial charge < -0.3 is 19.5 Å². The number of nitrogens with one attached hydrogen (secondary N) is 1. The van der Waals surface area contributed by atoms with Crippen LogP contribution in [0.5, 0.6) is 11.5 Å². The van der Waals surface area contributed by atoms with Gasteiger partial charge in [-0.1, -0.05) is 34.3 Å². The maximum Gasteiger partial charge on any atom is 0.341 e. The molecule has 0 fully saturated rings. The first-order valence-electron chi connectivity index (χ1n) is 11.4. The van der Waals surface area contributed by atoms with E-state index in [1.54, 1.807) is 23.6 Å². The number of nitrogens with zero attached hydrogens (tertiary/aromatic N) is 2. The van der Waals surface area contributed by atoms with Crippen LogP contribution in [0, 0.1) is 5.92 Å². The molecule has 35 heavy (non-hydrogen) atoms. The number of hydrogen-bond donors (Lipinski definition) is 1. The summed E-state index contributed by atoms with van der Waals surface area (Å²) in [5.41, 5.74) is 2.93. The lowest BCUT2D eigenvalue weighted by Crippen LogP contribution is -2.08. The summed E-state index contributed by atoms with van der Waals surface area (Å²) >= 11 is 3.04. The maximum atomic E-state index is 12.5. The summed E-state index contributed by atoms with van der Waals surface area (Å²) in [6, 6.07) is 7.57. The number of carbonyl (C=O) groups excluding carboxylic acids is 1. The van der Waals surface area contributed by atoms with Crippen LogP contribution in [-0.4, -0.2) is 36.1 Å². The average Bonchev–Trinajstić information content (AvgIpc) is 3.50. The zero-order valence-electron chi connectivity index (χ0n) is 20.9. The molecule has 0 radical (unpaired) electrons. The zero-order chi connectivity index (χ0) is 25.5. The van der Waals surface area contributed by atoms with Gasteiger partial charge in [0, 0.05) is 27.1 Å². The molecule has 1 aromatic carbocycles. The number of anilines is 2. The second-order valence-corrected chi connectivity index (χ2v) is 9.81. The predicted octanol–water partition coefficient (Wildman–Crippen LogP) is 7.02. The number of pyridine rings is 1. The van der Waals surface area contributed by atoms with Crippen molar-refractivity contribution >= 4 is 44.9 Å². The Labute approximate surface area is 214 Å². The number of hydrogen-bond acceptors (Lipinski definition) is 9. The molecule has 3 heterocycles. The molecule has 0 bridgehead atoms. The van der Waals surface area contributed by atoms with Gasteiger partial charge >= 0.3 is 5.97 Å². The molecule has 4 rings (SSSR count). The number of ether oxygens (including phenoxy) is 3. The van der Waals surface area contributed by atoms with Crippen LogP contribution in [0.25, 0.3) is 16.2 Å². The Morgan fingerprint density at radius 2 is 2.00 bits per heavy atom. The van der Waals surface area contributed by atoms with E-state index in [0.717, 1.165) is 38.8 Å². The maximum absolute atomic E-state index is 12.5. The fourth-order valence-corrected chi connectivity index (χ4v) is 4.93. The Morgan fingerprint density at radius 1 is 1.26 bits per heavy atom. The molecule has 0 spiro atoms. The summed E-state index contributed by atoms with van der Waals surface area (Å²) in [4.78, 5) is 23.7. The topological polar surface area (TPSA) is 82.6 Å². The van der Waals surface area contributed by atoms with E-state index in [0.29, 0.717) is 28.2 Å². The molecule has 1 N–H and O–H groups in total. The van der Waals surface area contributed by atoms with Crippen molar-refractivity contribution in [2.75, 3.05) is 25.5 Å². The van der Waals surface area contributed by atoms with Crippen LogP contribution < -0.4 is 14.8 Å². The van der Waals surface area contributed by atoms with Gasteiger partial charge in [-0.3, -0.25) is 0 Å². The third-order valence-corrected chi connectivity index (χ3v) is 6.75. The van der Waals surface area contributed by atoms with Gasteiger partial charge in [0.2, 0.25) is 6.79 Å². The normalized spacial score (nSPS) is 11.6. The number of methoxy groups -OCH3 is 1. The number of rotatable bonds is 8. The summed E-state index contributed by atoms with van der Waals surface area (Å²) < 4.78 is 16.0. The number of esters is 1. The molecule has 2 aromatic heterocycles. The number of thioether (sulfide) groups is 1. The summed E-state index contributed by atoms with van der Waals surface area (Å²) in [5.74, 6) is 1.81. The van der Waals surface area contributed by atoms with E-state index < -0.39 is 5.97 Å². The number of carbonyl (C=O) groups is 1. The molecule has 0 unspecified atom stereocenters. The van der Waals surface area contributed by atoms with Crippen LogP contribution in [0.4, 0.5) is 10.9 Å². The number of thiazole rings is 1. The first-order valence-corrected chi connectivity index (χ1v) is 13.4. The second-order valence-electron chi connectivity index (χ2n) is 7.82. The quantitative estimate of drug-likeness (QED) is 0.322. The lowest BCUT2D eigenvalue weighted by atomic mass is 10.0. The van der Waals surface area contributed by atoms with Crippen molar-refractivity contribution in [3.05, 3.63) is 53.0 Å². The highest BCUT2D eigenvalue weighted by Gasteiger charge is 2.21. The van der Waals surface area contributed by atoms with E-state index in [2.05, 4.69) is 30.7 Å². The SMILES string of the molecule is C=C(SC)c1cnc(Nc2nc(-c3ccc4c(c3)OCO4)c(CC(C)C)s2)c(C(=O)OC)c1.CC. The van der Waals surface area contributed by atoms with Gasteiger partial charge in [0.05, 0.1) is 12.8 Å². The van der Waals surface area contributed by atoms with Crippen molar-refractivity contribution in [1.82, 2.24) is 9.97 Å². The first-order chi connectivity index (χ1) is 16.9. The predicted molar refractivity (Wildman–Crippen MR) is 145 cm³/mol. The second kappa shape index (κ2) is 12.1. The van der Waals surface area contributed by atoms with Crippen molar-refractivity contribution in [1.29, 1.82) is 0 Å². The van der Waals surface area contributed by atoms with Crippen molar-refractivity contribution in [2.45, 2.75) is 34.1 Å². The van der Waals surface area contributed by atoms with Gasteiger partial charge in [-0.2, -0.15) is 0 Å². The highest BCUT2D eigenvalue weighted by Crippen LogP contribution is 2.40.